The molecule has 5 heteroatoms. The van der Waals surface area contributed by atoms with Crippen LogP contribution in [0.1, 0.15) is 27.8 Å². The molecule has 4 aromatic rings. The summed E-state index contributed by atoms with van der Waals surface area (Å²) in [5.41, 5.74) is 3.65. The van der Waals surface area contributed by atoms with Gasteiger partial charge in [-0.25, -0.2) is 0 Å². The first kappa shape index (κ1) is 23.1. The van der Waals surface area contributed by atoms with Gasteiger partial charge < -0.3 is 9.47 Å². The Kier molecular flexibility index (Phi) is 7.53. The van der Waals surface area contributed by atoms with Crippen molar-refractivity contribution in [3.63, 3.8) is 0 Å². The normalized spacial score (nSPS) is 11.5. The van der Waals surface area contributed by atoms with E-state index in [0.717, 1.165) is 22.3 Å². The minimum atomic E-state index is -2.87. The minimum absolute atomic E-state index is 0.158. The van der Waals surface area contributed by atoms with E-state index in [0.29, 0.717) is 10.9 Å². The molecule has 33 heavy (non-hydrogen) atoms. The lowest BCUT2D eigenvalue weighted by Crippen LogP contribution is -2.32. The molecule has 0 fully saturated rings. The van der Waals surface area contributed by atoms with Crippen LogP contribution in [-0.2, 0) is 22.3 Å². The number of rotatable bonds is 9. The van der Waals surface area contributed by atoms with Crippen LogP contribution in [0.4, 0.5) is 8.78 Å². The molecule has 168 valence electrons. The van der Waals surface area contributed by atoms with Gasteiger partial charge in [-0.2, -0.15) is 8.78 Å². The molecule has 0 atom stereocenters. The van der Waals surface area contributed by atoms with Crippen LogP contribution < -0.4 is 4.74 Å². The van der Waals surface area contributed by atoms with Gasteiger partial charge in [-0.1, -0.05) is 113 Å². The lowest BCUT2D eigenvalue weighted by atomic mass is 9.80. The van der Waals surface area contributed by atoms with Crippen molar-refractivity contribution >= 4 is 15.9 Å². The van der Waals surface area contributed by atoms with Crippen molar-refractivity contribution in [2.24, 2.45) is 0 Å². The monoisotopic (exact) mass is 508 g/mol. The molecule has 0 N–H and O–H groups in total. The van der Waals surface area contributed by atoms with E-state index in [9.17, 15) is 8.78 Å². The van der Waals surface area contributed by atoms with Crippen molar-refractivity contribution in [3.05, 3.63) is 137 Å². The highest BCUT2D eigenvalue weighted by molar-refractivity contribution is 9.08. The Hall–Kier alpha value is -3.02. The molecule has 0 spiro atoms. The third-order valence-electron chi connectivity index (χ3n) is 5.48. The van der Waals surface area contributed by atoms with Crippen LogP contribution in [0.2, 0.25) is 0 Å². The molecule has 0 saturated heterocycles. The average Bonchev–Trinajstić information content (AvgIpc) is 2.87. The molecule has 0 aromatic heterocycles. The van der Waals surface area contributed by atoms with E-state index in [2.05, 4.69) is 57.1 Å². The number of halogens is 3. The van der Waals surface area contributed by atoms with Crippen LogP contribution in [-0.4, -0.2) is 6.61 Å². The lowest BCUT2D eigenvalue weighted by molar-refractivity contribution is -0.0503. The van der Waals surface area contributed by atoms with Gasteiger partial charge in [-0.05, 0) is 34.4 Å². The van der Waals surface area contributed by atoms with E-state index in [-0.39, 0.29) is 12.4 Å². The fourth-order valence-corrected chi connectivity index (χ4v) is 4.44. The Morgan fingerprint density at radius 1 is 0.697 bits per heavy atom. The van der Waals surface area contributed by atoms with E-state index >= 15 is 0 Å². The predicted octanol–water partition coefficient (Wildman–Crippen LogP) is 7.69. The Balaban J connectivity index is 1.78. The molecule has 0 amide bonds. The molecule has 0 heterocycles. The Bertz CT molecular complexity index is 1060. The summed E-state index contributed by atoms with van der Waals surface area (Å²) >= 11 is 3.37. The van der Waals surface area contributed by atoms with E-state index in [1.165, 1.54) is 0 Å². The summed E-state index contributed by atoms with van der Waals surface area (Å²) in [6.45, 7) is -2.60. The molecule has 0 radical (unpaired) electrons. The third kappa shape index (κ3) is 5.15. The second-order valence-corrected chi connectivity index (χ2v) is 8.08. The number of benzene rings is 4. The summed E-state index contributed by atoms with van der Waals surface area (Å²) in [6, 6.07) is 35.4. The summed E-state index contributed by atoms with van der Waals surface area (Å²) in [5.74, 6) is 0.158. The number of alkyl halides is 3. The molecule has 0 aliphatic rings. The van der Waals surface area contributed by atoms with E-state index < -0.39 is 12.2 Å². The average molecular weight is 509 g/mol. The highest BCUT2D eigenvalue weighted by Crippen LogP contribution is 2.41. The van der Waals surface area contributed by atoms with Gasteiger partial charge >= 0.3 is 6.61 Å². The highest BCUT2D eigenvalue weighted by Gasteiger charge is 2.37. The quantitative estimate of drug-likeness (QED) is 0.170. The van der Waals surface area contributed by atoms with Crippen molar-refractivity contribution in [3.8, 4) is 5.75 Å². The molecule has 4 rings (SSSR count). The van der Waals surface area contributed by atoms with Crippen molar-refractivity contribution in [1.82, 2.24) is 0 Å². The smallest absolute Gasteiger partial charge is 0.387 e. The first-order valence-electron chi connectivity index (χ1n) is 10.6. The van der Waals surface area contributed by atoms with Gasteiger partial charge in [-0.15, -0.1) is 0 Å². The van der Waals surface area contributed by atoms with Gasteiger partial charge in [0.2, 0.25) is 0 Å². The molecule has 0 unspecified atom stereocenters. The maximum absolute atomic E-state index is 12.7. The minimum Gasteiger partial charge on any atom is -0.435 e. The number of ether oxygens (including phenoxy) is 2. The zero-order valence-electron chi connectivity index (χ0n) is 17.8. The van der Waals surface area contributed by atoms with Crippen molar-refractivity contribution < 1.29 is 18.3 Å². The Labute approximate surface area is 200 Å². The van der Waals surface area contributed by atoms with Crippen LogP contribution in [0, 0.1) is 0 Å². The standard InChI is InChI=1S/C28H23BrF2O2/c29-19-22-18-21(16-17-26(22)33-27(30)31)20-32-28(23-10-4-1-5-11-23,24-12-6-2-7-13-24)25-14-8-3-9-15-25/h1-18,27H,19-20H2. The predicted molar refractivity (Wildman–Crippen MR) is 130 cm³/mol. The second kappa shape index (κ2) is 10.7. The van der Waals surface area contributed by atoms with Gasteiger partial charge in [0.05, 0.1) is 6.61 Å². The topological polar surface area (TPSA) is 18.5 Å². The van der Waals surface area contributed by atoms with Crippen LogP contribution in [0.5, 0.6) is 5.75 Å². The molecule has 0 aliphatic heterocycles. The van der Waals surface area contributed by atoms with Gasteiger partial charge in [0.15, 0.2) is 0 Å². The maximum atomic E-state index is 12.7. The maximum Gasteiger partial charge on any atom is 0.387 e. The van der Waals surface area contributed by atoms with Gasteiger partial charge in [0, 0.05) is 10.9 Å². The van der Waals surface area contributed by atoms with Crippen LogP contribution >= 0.6 is 15.9 Å². The summed E-state index contributed by atoms with van der Waals surface area (Å²) in [5, 5.41) is 0.393. The zero-order chi connectivity index (χ0) is 23.1. The summed E-state index contributed by atoms with van der Waals surface area (Å²) in [7, 11) is 0. The third-order valence-corrected chi connectivity index (χ3v) is 6.09. The summed E-state index contributed by atoms with van der Waals surface area (Å²) < 4.78 is 36.9. The fourth-order valence-electron chi connectivity index (χ4n) is 4.00. The second-order valence-electron chi connectivity index (χ2n) is 7.52. The largest absolute Gasteiger partial charge is 0.435 e. The van der Waals surface area contributed by atoms with Crippen LogP contribution in [0.25, 0.3) is 0 Å². The molecule has 4 aromatic carbocycles. The van der Waals surface area contributed by atoms with E-state index in [1.807, 2.05) is 60.7 Å². The van der Waals surface area contributed by atoms with Crippen molar-refractivity contribution in [2.75, 3.05) is 0 Å². The fraction of sp³-hybridized carbons (Fsp3) is 0.143. The Morgan fingerprint density at radius 3 is 1.61 bits per heavy atom. The van der Waals surface area contributed by atoms with Crippen molar-refractivity contribution in [1.29, 1.82) is 0 Å². The molecular weight excluding hydrogens is 486 g/mol. The molecule has 0 bridgehead atoms. The van der Waals surface area contributed by atoms with Gasteiger partial charge in [0.1, 0.15) is 11.4 Å². The Morgan fingerprint density at radius 2 is 1.18 bits per heavy atom. The summed E-state index contributed by atoms with van der Waals surface area (Å²) in [6.07, 6.45) is 0. The van der Waals surface area contributed by atoms with Gasteiger partial charge in [-0.3, -0.25) is 0 Å². The highest BCUT2D eigenvalue weighted by atomic mass is 79.9. The van der Waals surface area contributed by atoms with Gasteiger partial charge in [0.25, 0.3) is 0 Å². The zero-order valence-corrected chi connectivity index (χ0v) is 19.4. The van der Waals surface area contributed by atoms with E-state index in [1.54, 1.807) is 12.1 Å². The first-order chi connectivity index (χ1) is 16.1. The molecular formula is C28H23BrF2O2. The van der Waals surface area contributed by atoms with Crippen molar-refractivity contribution in [2.45, 2.75) is 24.1 Å². The number of hydrogen-bond donors (Lipinski definition) is 0. The lowest BCUT2D eigenvalue weighted by Gasteiger charge is -2.36. The number of hydrogen-bond acceptors (Lipinski definition) is 2. The molecule has 0 saturated carbocycles. The van der Waals surface area contributed by atoms with E-state index in [4.69, 9.17) is 4.74 Å². The van der Waals surface area contributed by atoms with Crippen LogP contribution in [0.3, 0.4) is 0 Å². The molecule has 2 nitrogen and oxygen atoms in total. The molecule has 0 aliphatic carbocycles. The first-order valence-corrected chi connectivity index (χ1v) is 11.7. The summed E-state index contributed by atoms with van der Waals surface area (Å²) in [4.78, 5) is 0. The van der Waals surface area contributed by atoms with Crippen LogP contribution in [0.15, 0.2) is 109 Å². The SMILES string of the molecule is FC(F)Oc1ccc(COC(c2ccccc2)(c2ccccc2)c2ccccc2)cc1CBr.